The Labute approximate surface area is 61.4 Å². The highest BCUT2D eigenvalue weighted by Gasteiger charge is 2.07. The van der Waals surface area contributed by atoms with Crippen molar-refractivity contribution in [3.8, 4) is 0 Å². The van der Waals surface area contributed by atoms with E-state index in [1.54, 1.807) is 0 Å². The van der Waals surface area contributed by atoms with E-state index in [1.807, 2.05) is 11.6 Å². The normalized spacial score (nSPS) is 16.8. The van der Waals surface area contributed by atoms with Gasteiger partial charge in [-0.2, -0.15) is 0 Å². The van der Waals surface area contributed by atoms with Crippen molar-refractivity contribution in [3.63, 3.8) is 0 Å². The van der Waals surface area contributed by atoms with Gasteiger partial charge < -0.3 is 0 Å². The lowest BCUT2D eigenvalue weighted by atomic mass is 9.70. The van der Waals surface area contributed by atoms with Gasteiger partial charge in [-0.3, -0.25) is 0 Å². The van der Waals surface area contributed by atoms with Gasteiger partial charge in [0.1, 0.15) is 0 Å². The summed E-state index contributed by atoms with van der Waals surface area (Å²) in [4.78, 5) is 0. The van der Waals surface area contributed by atoms with E-state index in [-0.39, 0.29) is 0 Å². The molecule has 1 aliphatic rings. The molecule has 48 valence electrons. The van der Waals surface area contributed by atoms with Gasteiger partial charge in [0.2, 0.25) is 5.99 Å². The minimum atomic E-state index is 0.750. The summed E-state index contributed by atoms with van der Waals surface area (Å²) in [5.41, 5.74) is 0. The lowest BCUT2D eigenvalue weighted by molar-refractivity contribution is 1.54. The summed E-state index contributed by atoms with van der Waals surface area (Å²) in [6, 6.07) is 0. The van der Waals surface area contributed by atoms with Gasteiger partial charge in [0.25, 0.3) is 0 Å². The SMILES string of the molecule is CCSB1C=CC=CC1. The van der Waals surface area contributed by atoms with E-state index in [4.69, 9.17) is 0 Å². The first-order chi connectivity index (χ1) is 4.43. The third-order valence-corrected chi connectivity index (χ3v) is 2.43. The Morgan fingerprint density at radius 3 is 3.00 bits per heavy atom. The Hall–Kier alpha value is -0.105. The molecule has 1 aliphatic heterocycles. The maximum atomic E-state index is 2.27. The number of hydrogen-bond acceptors (Lipinski definition) is 1. The third kappa shape index (κ3) is 2.31. The fraction of sp³-hybridized carbons (Fsp3) is 0.429. The Morgan fingerprint density at radius 1 is 1.56 bits per heavy atom. The predicted molar refractivity (Wildman–Crippen MR) is 47.0 cm³/mol. The number of hydrogen-bond donors (Lipinski definition) is 0. The van der Waals surface area contributed by atoms with Crippen molar-refractivity contribution >= 4 is 17.6 Å². The van der Waals surface area contributed by atoms with E-state index in [0.29, 0.717) is 0 Å². The first-order valence-corrected chi connectivity index (χ1v) is 4.43. The highest BCUT2D eigenvalue weighted by atomic mass is 32.2. The van der Waals surface area contributed by atoms with Crippen LogP contribution in [0.4, 0.5) is 0 Å². The molecule has 0 aromatic rings. The van der Waals surface area contributed by atoms with Crippen LogP contribution < -0.4 is 0 Å². The fourth-order valence-corrected chi connectivity index (χ4v) is 1.77. The zero-order chi connectivity index (χ0) is 6.53. The first-order valence-electron chi connectivity index (χ1n) is 3.38. The van der Waals surface area contributed by atoms with E-state index < -0.39 is 0 Å². The summed E-state index contributed by atoms with van der Waals surface area (Å²) in [5.74, 6) is 4.25. The average molecular weight is 138 g/mol. The predicted octanol–water partition coefficient (Wildman–Crippen LogP) is 2.40. The quantitative estimate of drug-likeness (QED) is 0.528. The van der Waals surface area contributed by atoms with Crippen LogP contribution in [-0.2, 0) is 0 Å². The van der Waals surface area contributed by atoms with E-state index in [2.05, 4.69) is 31.1 Å². The minimum Gasteiger partial charge on any atom is -0.204 e. The summed E-state index contributed by atoms with van der Waals surface area (Å²) < 4.78 is 0. The number of rotatable bonds is 2. The van der Waals surface area contributed by atoms with Crippen molar-refractivity contribution in [2.75, 3.05) is 5.75 Å². The molecule has 1 heterocycles. The molecule has 0 aromatic heterocycles. The van der Waals surface area contributed by atoms with E-state index >= 15 is 0 Å². The van der Waals surface area contributed by atoms with Gasteiger partial charge in [0.15, 0.2) is 0 Å². The van der Waals surface area contributed by atoms with Crippen molar-refractivity contribution in [2.45, 2.75) is 13.2 Å². The summed E-state index contributed by atoms with van der Waals surface area (Å²) in [7, 11) is 0. The molecule has 0 nitrogen and oxygen atoms in total. The van der Waals surface area contributed by atoms with Gasteiger partial charge in [-0.25, -0.2) is 11.6 Å². The summed E-state index contributed by atoms with van der Waals surface area (Å²) in [5, 5.41) is 0. The van der Waals surface area contributed by atoms with Crippen molar-refractivity contribution < 1.29 is 0 Å². The molecule has 0 aliphatic carbocycles. The van der Waals surface area contributed by atoms with Gasteiger partial charge in [0, 0.05) is 0 Å². The summed E-state index contributed by atoms with van der Waals surface area (Å²) in [6.45, 7) is 2.21. The van der Waals surface area contributed by atoms with Crippen LogP contribution in [0.5, 0.6) is 0 Å². The molecule has 0 atom stereocenters. The maximum absolute atomic E-state index is 2.27. The monoisotopic (exact) mass is 138 g/mol. The molecule has 0 bridgehead atoms. The second kappa shape index (κ2) is 3.83. The minimum absolute atomic E-state index is 0.750. The van der Waals surface area contributed by atoms with Crippen LogP contribution in [0.1, 0.15) is 6.92 Å². The molecule has 0 saturated heterocycles. The maximum Gasteiger partial charge on any atom is 0.238 e. The van der Waals surface area contributed by atoms with Crippen LogP contribution in [0, 0.1) is 0 Å². The molecule has 0 amide bonds. The van der Waals surface area contributed by atoms with E-state index in [9.17, 15) is 0 Å². The Morgan fingerprint density at radius 2 is 2.44 bits per heavy atom. The molecule has 0 aromatic carbocycles. The first kappa shape index (κ1) is 7.01. The van der Waals surface area contributed by atoms with Crippen molar-refractivity contribution in [1.29, 1.82) is 0 Å². The van der Waals surface area contributed by atoms with Crippen molar-refractivity contribution in [3.05, 3.63) is 24.2 Å². The van der Waals surface area contributed by atoms with Crippen LogP contribution >= 0.6 is 11.6 Å². The second-order valence-electron chi connectivity index (χ2n) is 2.04. The molecular weight excluding hydrogens is 127 g/mol. The zero-order valence-electron chi connectivity index (χ0n) is 5.71. The van der Waals surface area contributed by atoms with Gasteiger partial charge in [-0.1, -0.05) is 25.2 Å². The lowest BCUT2D eigenvalue weighted by Gasteiger charge is -2.05. The van der Waals surface area contributed by atoms with Crippen LogP contribution in [0.15, 0.2) is 24.2 Å². The fourth-order valence-electron chi connectivity index (χ4n) is 0.896. The highest BCUT2D eigenvalue weighted by molar-refractivity contribution is 8.26. The molecule has 9 heavy (non-hydrogen) atoms. The smallest absolute Gasteiger partial charge is 0.204 e. The molecule has 0 unspecified atom stereocenters. The average Bonchev–Trinajstić information content (AvgIpc) is 1.91. The molecule has 1 rings (SSSR count). The standard InChI is InChI=1S/C7H11BS/c1-2-9-8-6-4-3-5-7-8/h3-6H,2,7H2,1H3. The zero-order valence-corrected chi connectivity index (χ0v) is 6.53. The third-order valence-electron chi connectivity index (χ3n) is 1.32. The molecule has 0 radical (unpaired) electrons. The highest BCUT2D eigenvalue weighted by Crippen LogP contribution is 2.15. The Kier molecular flexibility index (Phi) is 2.98. The van der Waals surface area contributed by atoms with Gasteiger partial charge >= 0.3 is 0 Å². The molecule has 0 N–H and O–H groups in total. The molecule has 2 heteroatoms. The molecule has 0 fully saturated rings. The van der Waals surface area contributed by atoms with Crippen molar-refractivity contribution in [1.82, 2.24) is 0 Å². The van der Waals surface area contributed by atoms with Crippen molar-refractivity contribution in [2.24, 2.45) is 0 Å². The molecule has 0 spiro atoms. The van der Waals surface area contributed by atoms with E-state index in [0.717, 1.165) is 5.99 Å². The molecular formula is C7H11BS. The van der Waals surface area contributed by atoms with Gasteiger partial charge in [0.05, 0.1) is 0 Å². The van der Waals surface area contributed by atoms with Gasteiger partial charge in [-0.05, 0) is 12.1 Å². The Bertz CT molecular complexity index is 129. The van der Waals surface area contributed by atoms with Crippen LogP contribution in [0.2, 0.25) is 6.32 Å². The van der Waals surface area contributed by atoms with Crippen LogP contribution in [0.25, 0.3) is 0 Å². The summed E-state index contributed by atoms with van der Waals surface area (Å²) in [6.07, 6.45) is 7.70. The topological polar surface area (TPSA) is 0 Å². The Balaban J connectivity index is 2.28. The number of allylic oxidation sites excluding steroid dienone is 3. The summed E-state index contributed by atoms with van der Waals surface area (Å²) >= 11 is 2.01. The lowest BCUT2D eigenvalue weighted by Crippen LogP contribution is -2.04. The van der Waals surface area contributed by atoms with Crippen LogP contribution in [0.3, 0.4) is 0 Å². The largest absolute Gasteiger partial charge is 0.238 e. The molecule has 0 saturated carbocycles. The second-order valence-corrected chi connectivity index (χ2v) is 3.56. The van der Waals surface area contributed by atoms with Crippen LogP contribution in [-0.4, -0.2) is 11.7 Å². The van der Waals surface area contributed by atoms with E-state index in [1.165, 1.54) is 12.1 Å². The van der Waals surface area contributed by atoms with Gasteiger partial charge in [-0.15, -0.1) is 5.98 Å².